The second-order valence-corrected chi connectivity index (χ2v) is 7.10. The highest BCUT2D eigenvalue weighted by molar-refractivity contribution is 8.13. The van der Waals surface area contributed by atoms with Crippen molar-refractivity contribution in [3.63, 3.8) is 0 Å². The van der Waals surface area contributed by atoms with E-state index in [1.54, 1.807) is 7.05 Å². The van der Waals surface area contributed by atoms with Crippen LogP contribution in [-0.4, -0.2) is 43.0 Å². The number of hydrogen-bond acceptors (Lipinski definition) is 4. The fraction of sp³-hybridized carbons (Fsp3) is 0.600. The predicted octanol–water partition coefficient (Wildman–Crippen LogP) is 1.13. The Morgan fingerprint density at radius 2 is 2.17 bits per heavy atom. The van der Waals surface area contributed by atoms with E-state index in [1.807, 2.05) is 0 Å². The molecule has 0 spiro atoms. The van der Waals surface area contributed by atoms with Crippen LogP contribution in [0.2, 0.25) is 0 Å². The Bertz CT molecular complexity index is 577. The summed E-state index contributed by atoms with van der Waals surface area (Å²) in [4.78, 5) is 13.4. The molecule has 1 aromatic heterocycles. The summed E-state index contributed by atoms with van der Waals surface area (Å²) in [6, 6.07) is 0. The number of carbonyl (C=O) groups excluding carboxylic acids is 1. The van der Waals surface area contributed by atoms with Crippen molar-refractivity contribution < 1.29 is 13.2 Å². The van der Waals surface area contributed by atoms with E-state index in [-0.39, 0.29) is 16.3 Å². The number of carbonyl (C=O) groups is 1. The monoisotopic (exact) mass is 291 g/mol. The molecule has 0 bridgehead atoms. The number of nitrogens with one attached hydrogen (secondary N) is 1. The topological polar surface area (TPSA) is 83.1 Å². The van der Waals surface area contributed by atoms with Gasteiger partial charge in [-0.15, -0.1) is 0 Å². The zero-order valence-corrected chi connectivity index (χ0v) is 11.7. The molecule has 0 atom stereocenters. The molecule has 1 aliphatic rings. The Morgan fingerprint density at radius 3 is 2.67 bits per heavy atom. The molecule has 1 amide bonds. The first-order valence-corrected chi connectivity index (χ1v) is 7.86. The third kappa shape index (κ3) is 2.67. The molecule has 1 fully saturated rings. The number of hydrogen-bond donors (Lipinski definition) is 1. The van der Waals surface area contributed by atoms with Crippen LogP contribution in [-0.2, 0) is 9.05 Å². The number of aryl methyl sites for hydroxylation is 1. The summed E-state index contributed by atoms with van der Waals surface area (Å²) < 4.78 is 22.9. The fourth-order valence-corrected chi connectivity index (χ4v) is 3.16. The molecule has 0 radical (unpaired) electrons. The van der Waals surface area contributed by atoms with Gasteiger partial charge in [-0.05, 0) is 25.7 Å². The Labute approximate surface area is 110 Å². The first-order valence-electron chi connectivity index (χ1n) is 5.55. The van der Waals surface area contributed by atoms with Gasteiger partial charge in [0, 0.05) is 24.3 Å². The molecule has 1 heterocycles. The van der Waals surface area contributed by atoms with Gasteiger partial charge in [-0.3, -0.25) is 9.89 Å². The lowest BCUT2D eigenvalue weighted by molar-refractivity contribution is 0.0779. The van der Waals surface area contributed by atoms with Gasteiger partial charge in [-0.25, -0.2) is 8.42 Å². The molecule has 1 aromatic rings. The number of rotatable bonds is 4. The van der Waals surface area contributed by atoms with Gasteiger partial charge in [-0.2, -0.15) is 5.10 Å². The minimum Gasteiger partial charge on any atom is -0.340 e. The number of nitrogens with zero attached hydrogens (tertiary/aromatic N) is 2. The minimum atomic E-state index is -3.98. The molecule has 8 heteroatoms. The Hall–Kier alpha value is -1.08. The highest BCUT2D eigenvalue weighted by Crippen LogP contribution is 2.30. The molecule has 0 aromatic carbocycles. The van der Waals surface area contributed by atoms with Crippen molar-refractivity contribution in [1.29, 1.82) is 0 Å². The summed E-state index contributed by atoms with van der Waals surface area (Å²) >= 11 is 0. The van der Waals surface area contributed by atoms with Gasteiger partial charge in [0.15, 0.2) is 5.69 Å². The normalized spacial score (nSPS) is 15.7. The van der Waals surface area contributed by atoms with E-state index in [9.17, 15) is 13.2 Å². The van der Waals surface area contributed by atoms with Gasteiger partial charge in [0.05, 0.1) is 5.69 Å². The van der Waals surface area contributed by atoms with E-state index < -0.39 is 15.0 Å². The van der Waals surface area contributed by atoms with Crippen LogP contribution in [0, 0.1) is 12.8 Å². The van der Waals surface area contributed by atoms with E-state index >= 15 is 0 Å². The summed E-state index contributed by atoms with van der Waals surface area (Å²) in [7, 11) is 2.97. The van der Waals surface area contributed by atoms with Gasteiger partial charge in [0.25, 0.3) is 15.0 Å². The first-order chi connectivity index (χ1) is 8.30. The summed E-state index contributed by atoms with van der Waals surface area (Å²) in [5.74, 6) is 0.0977. The largest absolute Gasteiger partial charge is 0.340 e. The summed E-state index contributed by atoms with van der Waals surface area (Å²) in [6.07, 6.45) is 2.22. The smallest absolute Gasteiger partial charge is 0.275 e. The van der Waals surface area contributed by atoms with Crippen LogP contribution < -0.4 is 0 Å². The van der Waals surface area contributed by atoms with Crippen LogP contribution in [0.1, 0.15) is 29.0 Å². The van der Waals surface area contributed by atoms with Crippen LogP contribution in [0.4, 0.5) is 0 Å². The van der Waals surface area contributed by atoms with Crippen molar-refractivity contribution in [2.24, 2.45) is 5.92 Å². The summed E-state index contributed by atoms with van der Waals surface area (Å²) in [5.41, 5.74) is 0.138. The quantitative estimate of drug-likeness (QED) is 0.843. The average Bonchev–Trinajstić information content (AvgIpc) is 2.96. The Kier molecular flexibility index (Phi) is 3.37. The lowest BCUT2D eigenvalue weighted by atomic mass is 10.3. The van der Waals surface area contributed by atoms with Crippen molar-refractivity contribution >= 4 is 25.6 Å². The number of halogens is 1. The van der Waals surface area contributed by atoms with E-state index in [1.165, 1.54) is 11.8 Å². The van der Waals surface area contributed by atoms with Crippen molar-refractivity contribution in [3.05, 3.63) is 11.4 Å². The molecule has 1 N–H and O–H groups in total. The molecule has 1 aliphatic carbocycles. The van der Waals surface area contributed by atoms with Gasteiger partial charge >= 0.3 is 0 Å². The van der Waals surface area contributed by atoms with Crippen LogP contribution in [0.15, 0.2) is 4.90 Å². The maximum atomic E-state index is 12.1. The van der Waals surface area contributed by atoms with Crippen molar-refractivity contribution in [3.8, 4) is 0 Å². The third-order valence-corrected chi connectivity index (χ3v) is 4.36. The highest BCUT2D eigenvalue weighted by atomic mass is 35.7. The second kappa shape index (κ2) is 4.55. The average molecular weight is 292 g/mol. The SMILES string of the molecule is Cc1[nH]nc(C(=O)N(C)CC2CC2)c1S(=O)(=O)Cl. The van der Waals surface area contributed by atoms with E-state index in [0.717, 1.165) is 12.8 Å². The molecule has 0 unspecified atom stereocenters. The van der Waals surface area contributed by atoms with E-state index in [2.05, 4.69) is 10.2 Å². The molecular weight excluding hydrogens is 278 g/mol. The zero-order chi connectivity index (χ0) is 13.5. The number of aromatic nitrogens is 2. The van der Waals surface area contributed by atoms with Gasteiger partial charge < -0.3 is 4.90 Å². The lowest BCUT2D eigenvalue weighted by Crippen LogP contribution is -2.30. The van der Waals surface area contributed by atoms with Gasteiger partial charge in [-0.1, -0.05) is 0 Å². The molecule has 2 rings (SSSR count). The van der Waals surface area contributed by atoms with E-state index in [0.29, 0.717) is 12.5 Å². The zero-order valence-electron chi connectivity index (χ0n) is 10.1. The molecule has 0 aliphatic heterocycles. The summed E-state index contributed by atoms with van der Waals surface area (Å²) in [6.45, 7) is 2.13. The third-order valence-electron chi connectivity index (χ3n) is 2.91. The molecular formula is C10H14ClN3O3S. The maximum absolute atomic E-state index is 12.1. The van der Waals surface area contributed by atoms with E-state index in [4.69, 9.17) is 10.7 Å². The molecule has 0 saturated heterocycles. The highest BCUT2D eigenvalue weighted by Gasteiger charge is 2.31. The molecule has 6 nitrogen and oxygen atoms in total. The first kappa shape index (κ1) is 13.4. The van der Waals surface area contributed by atoms with Crippen molar-refractivity contribution in [1.82, 2.24) is 15.1 Å². The number of H-pyrrole nitrogens is 1. The molecule has 18 heavy (non-hydrogen) atoms. The van der Waals surface area contributed by atoms with Gasteiger partial charge in [0.1, 0.15) is 4.90 Å². The standard InChI is InChI=1S/C10H14ClN3O3S/c1-6-9(18(11,16)17)8(13-12-6)10(15)14(2)5-7-3-4-7/h7H,3-5H2,1-2H3,(H,12,13). The van der Waals surface area contributed by atoms with Crippen LogP contribution in [0.25, 0.3) is 0 Å². The molecule has 1 saturated carbocycles. The van der Waals surface area contributed by atoms with Crippen LogP contribution in [0.3, 0.4) is 0 Å². The minimum absolute atomic E-state index is 0.134. The second-order valence-electron chi connectivity index (χ2n) is 4.59. The lowest BCUT2D eigenvalue weighted by Gasteiger charge is -2.15. The van der Waals surface area contributed by atoms with Crippen LogP contribution in [0.5, 0.6) is 0 Å². The predicted molar refractivity (Wildman–Crippen MR) is 66.0 cm³/mol. The maximum Gasteiger partial charge on any atom is 0.275 e. The van der Waals surface area contributed by atoms with Crippen LogP contribution >= 0.6 is 10.7 Å². The Morgan fingerprint density at radius 1 is 1.56 bits per heavy atom. The van der Waals surface area contributed by atoms with Crippen molar-refractivity contribution in [2.75, 3.05) is 13.6 Å². The Balaban J connectivity index is 2.30. The van der Waals surface area contributed by atoms with Gasteiger partial charge in [0.2, 0.25) is 0 Å². The fourth-order valence-electron chi connectivity index (χ4n) is 1.81. The summed E-state index contributed by atoms with van der Waals surface area (Å²) in [5, 5.41) is 6.24. The molecule has 100 valence electrons. The number of aromatic amines is 1. The number of amides is 1. The van der Waals surface area contributed by atoms with Crippen molar-refractivity contribution in [2.45, 2.75) is 24.7 Å².